The van der Waals surface area contributed by atoms with Crippen LogP contribution in [-0.2, 0) is 12.8 Å². The van der Waals surface area contributed by atoms with Crippen molar-refractivity contribution in [3.63, 3.8) is 0 Å². The van der Waals surface area contributed by atoms with Crippen LogP contribution in [0.4, 0.5) is 32.8 Å². The third kappa shape index (κ3) is 5.04. The number of aryl methyl sites for hydroxylation is 1. The van der Waals surface area contributed by atoms with Crippen molar-refractivity contribution >= 4 is 34.3 Å². The fourth-order valence-electron chi connectivity index (χ4n) is 4.07. The molecule has 1 unspecified atom stereocenters. The van der Waals surface area contributed by atoms with E-state index in [1.165, 1.54) is 6.20 Å². The molecule has 4 aromatic rings. The zero-order valence-electron chi connectivity index (χ0n) is 18.5. The third-order valence-electron chi connectivity index (χ3n) is 5.73. The molecule has 2 aromatic carbocycles. The number of amides is 1. The third-order valence-corrected chi connectivity index (χ3v) is 5.73. The van der Waals surface area contributed by atoms with E-state index < -0.39 is 6.17 Å². The number of hydrogen-bond donors (Lipinski definition) is 3. The van der Waals surface area contributed by atoms with Crippen LogP contribution in [0, 0.1) is 0 Å². The predicted molar refractivity (Wildman–Crippen MR) is 133 cm³/mol. The van der Waals surface area contributed by atoms with Gasteiger partial charge in [-0.25, -0.2) is 4.39 Å². The Hall–Kier alpha value is -4.26. The van der Waals surface area contributed by atoms with Gasteiger partial charge in [0.2, 0.25) is 0 Å². The smallest absolute Gasteiger partial charge is 0.257 e. The van der Waals surface area contributed by atoms with Crippen molar-refractivity contribution in [3.8, 4) is 0 Å². The van der Waals surface area contributed by atoms with Crippen LogP contribution in [0.2, 0.25) is 0 Å². The van der Waals surface area contributed by atoms with Crippen molar-refractivity contribution in [3.05, 3.63) is 102 Å². The maximum absolute atomic E-state index is 14.0. The zero-order valence-corrected chi connectivity index (χ0v) is 18.5. The number of alkyl halides is 1. The summed E-state index contributed by atoms with van der Waals surface area (Å²) in [6.07, 6.45) is 5.50. The Bertz CT molecular complexity index is 1310. The highest BCUT2D eigenvalue weighted by molar-refractivity contribution is 6.04. The van der Waals surface area contributed by atoms with Crippen molar-refractivity contribution in [2.75, 3.05) is 16.0 Å². The molecule has 0 saturated carbocycles. The highest BCUT2D eigenvalue weighted by Crippen LogP contribution is 2.30. The molecular weight excluding hydrogens is 429 g/mol. The molecule has 5 rings (SSSR count). The largest absolute Gasteiger partial charge is 0.355 e. The summed E-state index contributed by atoms with van der Waals surface area (Å²) in [6.45, 7) is 0. The number of benzene rings is 2. The molecule has 2 aromatic heterocycles. The number of carbonyl (C=O) groups is 1. The van der Waals surface area contributed by atoms with Crippen LogP contribution in [0.15, 0.2) is 85.3 Å². The maximum atomic E-state index is 14.0. The van der Waals surface area contributed by atoms with Crippen molar-refractivity contribution in [2.45, 2.75) is 25.4 Å². The Labute approximate surface area is 197 Å². The van der Waals surface area contributed by atoms with Crippen LogP contribution >= 0.6 is 0 Å². The fourth-order valence-corrected chi connectivity index (χ4v) is 4.07. The number of pyridine rings is 2. The molecule has 7 heteroatoms. The first-order valence-electron chi connectivity index (χ1n) is 11.2. The predicted octanol–water partition coefficient (Wildman–Crippen LogP) is 6.04. The number of halogens is 1. The molecule has 1 aliphatic carbocycles. The Balaban J connectivity index is 1.30. The molecule has 0 fully saturated rings. The van der Waals surface area contributed by atoms with Crippen molar-refractivity contribution in [2.24, 2.45) is 0 Å². The maximum Gasteiger partial charge on any atom is 0.257 e. The number of aromatic nitrogens is 2. The van der Waals surface area contributed by atoms with Gasteiger partial charge in [0.1, 0.15) is 6.17 Å². The number of fused-ring (bicyclic) bond motifs is 1. The molecule has 0 spiro atoms. The van der Waals surface area contributed by atoms with E-state index in [0.717, 1.165) is 28.3 Å². The van der Waals surface area contributed by atoms with Gasteiger partial charge in [0.05, 0.1) is 17.4 Å². The summed E-state index contributed by atoms with van der Waals surface area (Å²) in [5.74, 6) is -0.270. The van der Waals surface area contributed by atoms with E-state index in [4.69, 9.17) is 0 Å². The minimum atomic E-state index is -0.861. The van der Waals surface area contributed by atoms with E-state index in [2.05, 4.69) is 25.9 Å². The van der Waals surface area contributed by atoms with E-state index in [1.807, 2.05) is 60.7 Å². The van der Waals surface area contributed by atoms with E-state index in [9.17, 15) is 9.18 Å². The van der Waals surface area contributed by atoms with Crippen LogP contribution < -0.4 is 16.0 Å². The summed E-state index contributed by atoms with van der Waals surface area (Å²) >= 11 is 0. The molecule has 34 heavy (non-hydrogen) atoms. The van der Waals surface area contributed by atoms with Gasteiger partial charge in [-0.05, 0) is 60.9 Å². The molecule has 1 aliphatic rings. The topological polar surface area (TPSA) is 78.9 Å². The standard InChI is InChI=1S/C27H24FN5O/c28-19-9-10-25-24(14-19)26(11-12-30-25)32-23-13-18(16-29-17-23)27(34)33-22-8-4-7-21(15-22)31-20-5-2-1-3-6-20/h1-8,11-13,15-17,19,31H,9-10,14H2,(H,30,32)(H,33,34). The van der Waals surface area contributed by atoms with E-state index in [0.29, 0.717) is 36.2 Å². The molecule has 0 bridgehead atoms. The highest BCUT2D eigenvalue weighted by Gasteiger charge is 2.21. The molecule has 0 radical (unpaired) electrons. The number of hydrogen-bond acceptors (Lipinski definition) is 5. The van der Waals surface area contributed by atoms with Gasteiger partial charge in [-0.3, -0.25) is 14.8 Å². The monoisotopic (exact) mass is 453 g/mol. The second kappa shape index (κ2) is 9.70. The summed E-state index contributed by atoms with van der Waals surface area (Å²) in [5.41, 5.74) is 6.17. The van der Waals surface area contributed by atoms with Crippen molar-refractivity contribution in [1.82, 2.24) is 9.97 Å². The Kier molecular flexibility index (Phi) is 6.16. The first-order valence-corrected chi connectivity index (χ1v) is 11.2. The number of anilines is 5. The van der Waals surface area contributed by atoms with Gasteiger partial charge in [-0.15, -0.1) is 0 Å². The number of carbonyl (C=O) groups excluding carboxylic acids is 1. The van der Waals surface area contributed by atoms with Crippen molar-refractivity contribution < 1.29 is 9.18 Å². The lowest BCUT2D eigenvalue weighted by atomic mass is 9.93. The molecule has 170 valence electrons. The van der Waals surface area contributed by atoms with E-state index in [-0.39, 0.29) is 5.91 Å². The lowest BCUT2D eigenvalue weighted by molar-refractivity contribution is 0.102. The number of para-hydroxylation sites is 1. The first-order chi connectivity index (χ1) is 16.6. The molecule has 1 atom stereocenters. The average Bonchev–Trinajstić information content (AvgIpc) is 2.85. The van der Waals surface area contributed by atoms with E-state index >= 15 is 0 Å². The minimum absolute atomic E-state index is 0.270. The highest BCUT2D eigenvalue weighted by atomic mass is 19.1. The van der Waals surface area contributed by atoms with Crippen LogP contribution in [0.25, 0.3) is 0 Å². The molecule has 3 N–H and O–H groups in total. The van der Waals surface area contributed by atoms with Gasteiger partial charge in [-0.2, -0.15) is 0 Å². The first kappa shape index (κ1) is 21.6. The summed E-state index contributed by atoms with van der Waals surface area (Å²) in [7, 11) is 0. The van der Waals surface area contributed by atoms with Crippen LogP contribution in [0.1, 0.15) is 28.0 Å². The Morgan fingerprint density at radius 3 is 2.59 bits per heavy atom. The van der Waals surface area contributed by atoms with Gasteiger partial charge in [-0.1, -0.05) is 24.3 Å². The Morgan fingerprint density at radius 2 is 1.71 bits per heavy atom. The zero-order chi connectivity index (χ0) is 23.3. The SMILES string of the molecule is O=C(Nc1cccc(Nc2ccccc2)c1)c1cncc(Nc2ccnc3c2CC(F)CC3)c1. The molecule has 2 heterocycles. The molecule has 0 aliphatic heterocycles. The number of nitrogens with zero attached hydrogens (tertiary/aromatic N) is 2. The van der Waals surface area contributed by atoms with Gasteiger partial charge in [0.15, 0.2) is 0 Å². The van der Waals surface area contributed by atoms with Crippen LogP contribution in [0.5, 0.6) is 0 Å². The average molecular weight is 454 g/mol. The normalized spacial score (nSPS) is 14.7. The van der Waals surface area contributed by atoms with Gasteiger partial charge >= 0.3 is 0 Å². The molecule has 0 saturated heterocycles. The van der Waals surface area contributed by atoms with Crippen LogP contribution in [0.3, 0.4) is 0 Å². The fraction of sp³-hybridized carbons (Fsp3) is 0.148. The second-order valence-electron chi connectivity index (χ2n) is 8.24. The summed E-state index contributed by atoms with van der Waals surface area (Å²) in [6, 6.07) is 20.9. The number of nitrogens with one attached hydrogen (secondary N) is 3. The van der Waals surface area contributed by atoms with Crippen molar-refractivity contribution in [1.29, 1.82) is 0 Å². The summed E-state index contributed by atoms with van der Waals surface area (Å²) in [5, 5.41) is 9.53. The van der Waals surface area contributed by atoms with Gasteiger partial charge < -0.3 is 16.0 Å². The van der Waals surface area contributed by atoms with Gasteiger partial charge in [0.25, 0.3) is 5.91 Å². The summed E-state index contributed by atoms with van der Waals surface area (Å²) < 4.78 is 14.0. The lowest BCUT2D eigenvalue weighted by Crippen LogP contribution is -2.17. The molecule has 6 nitrogen and oxygen atoms in total. The quantitative estimate of drug-likeness (QED) is 0.332. The number of rotatable bonds is 6. The summed E-state index contributed by atoms with van der Waals surface area (Å²) in [4.78, 5) is 21.5. The van der Waals surface area contributed by atoms with E-state index in [1.54, 1.807) is 18.5 Å². The second-order valence-corrected chi connectivity index (χ2v) is 8.24. The Morgan fingerprint density at radius 1 is 0.882 bits per heavy atom. The minimum Gasteiger partial charge on any atom is -0.355 e. The molecular formula is C27H24FN5O. The van der Waals surface area contributed by atoms with Gasteiger partial charge in [0, 0.05) is 47.3 Å². The van der Waals surface area contributed by atoms with Crippen LogP contribution in [-0.4, -0.2) is 22.0 Å². The molecule has 1 amide bonds. The lowest BCUT2D eigenvalue weighted by Gasteiger charge is -2.21.